The average Bonchev–Trinajstić information content (AvgIpc) is 3.07. The van der Waals surface area contributed by atoms with E-state index in [2.05, 4.69) is 44.2 Å². The fourth-order valence-electron chi connectivity index (χ4n) is 3.56. The third-order valence-electron chi connectivity index (χ3n) is 5.11. The lowest BCUT2D eigenvalue weighted by molar-refractivity contribution is 0.416. The molecule has 2 aromatic heterocycles. The molecular formula is C22H21ClN2OS. The Hall–Kier alpha value is -2.14. The summed E-state index contributed by atoms with van der Waals surface area (Å²) in [6.45, 7) is 4.83. The number of ether oxygens (including phenoxy) is 1. The van der Waals surface area contributed by atoms with Crippen LogP contribution in [0.3, 0.4) is 0 Å². The first-order valence-electron chi connectivity index (χ1n) is 8.89. The van der Waals surface area contributed by atoms with E-state index < -0.39 is 0 Å². The van der Waals surface area contributed by atoms with Crippen molar-refractivity contribution in [2.45, 2.75) is 19.8 Å². The highest BCUT2D eigenvalue weighted by molar-refractivity contribution is 7.22. The Bertz CT molecular complexity index is 1130. The molecule has 0 amide bonds. The summed E-state index contributed by atoms with van der Waals surface area (Å²) in [5.41, 5.74) is 11.3. The lowest BCUT2D eigenvalue weighted by atomic mass is 9.93. The lowest BCUT2D eigenvalue weighted by Gasteiger charge is -2.16. The minimum Gasteiger partial charge on any atom is -0.496 e. The fraction of sp³-hybridized carbons (Fsp3) is 0.227. The van der Waals surface area contributed by atoms with Gasteiger partial charge >= 0.3 is 0 Å². The number of rotatable bonds is 4. The number of halogens is 1. The van der Waals surface area contributed by atoms with Gasteiger partial charge in [-0.25, -0.2) is 0 Å². The largest absolute Gasteiger partial charge is 0.496 e. The molecule has 0 spiro atoms. The summed E-state index contributed by atoms with van der Waals surface area (Å²) < 4.78 is 7.61. The molecule has 5 heteroatoms. The topological polar surface area (TPSA) is 48.1 Å². The number of pyridine rings is 1. The minimum absolute atomic E-state index is 0.333. The summed E-state index contributed by atoms with van der Waals surface area (Å²) in [7, 11) is 1.71. The van der Waals surface area contributed by atoms with E-state index in [1.54, 1.807) is 18.4 Å². The highest BCUT2D eigenvalue weighted by Gasteiger charge is 2.18. The van der Waals surface area contributed by atoms with Crippen molar-refractivity contribution in [1.82, 2.24) is 4.98 Å². The van der Waals surface area contributed by atoms with Gasteiger partial charge in [-0.05, 0) is 48.2 Å². The monoisotopic (exact) mass is 396 g/mol. The van der Waals surface area contributed by atoms with Crippen LogP contribution in [-0.2, 0) is 0 Å². The van der Waals surface area contributed by atoms with Crippen LogP contribution in [-0.4, -0.2) is 18.6 Å². The maximum atomic E-state index is 6.31. The highest BCUT2D eigenvalue weighted by Crippen LogP contribution is 2.44. The van der Waals surface area contributed by atoms with Crippen LogP contribution in [0.25, 0.3) is 32.1 Å². The normalized spacial score (nSPS) is 12.6. The maximum absolute atomic E-state index is 6.31. The van der Waals surface area contributed by atoms with Crippen molar-refractivity contribution in [3.05, 3.63) is 58.1 Å². The second-order valence-electron chi connectivity index (χ2n) is 6.84. The first-order valence-corrected chi connectivity index (χ1v) is 10.1. The van der Waals surface area contributed by atoms with Crippen LogP contribution in [0.2, 0.25) is 4.34 Å². The molecule has 0 aliphatic rings. The third-order valence-corrected chi connectivity index (χ3v) is 6.31. The zero-order valence-corrected chi connectivity index (χ0v) is 17.1. The summed E-state index contributed by atoms with van der Waals surface area (Å²) in [5.74, 6) is 1.18. The zero-order valence-electron chi connectivity index (χ0n) is 15.5. The van der Waals surface area contributed by atoms with Gasteiger partial charge < -0.3 is 10.5 Å². The van der Waals surface area contributed by atoms with Crippen molar-refractivity contribution >= 4 is 43.9 Å². The predicted molar refractivity (Wildman–Crippen MR) is 116 cm³/mol. The Balaban J connectivity index is 2.06. The standard InChI is InChI=1S/C22H21ClN2OS/c1-12-8-17(26-3)20(15-6-4-14(5-7-15)13(2)10-24)21-16-9-19(23)27-18(16)11-25-22(12)21/h4-9,11,13H,10,24H2,1-3H3/t13-/m0/s1. The van der Waals surface area contributed by atoms with Gasteiger partial charge in [0.05, 0.1) is 21.7 Å². The minimum atomic E-state index is 0.333. The molecule has 0 saturated carbocycles. The number of methoxy groups -OCH3 is 1. The number of nitrogens with two attached hydrogens (primary N) is 1. The van der Waals surface area contributed by atoms with Crippen LogP contribution in [0.4, 0.5) is 0 Å². The van der Waals surface area contributed by atoms with Crippen molar-refractivity contribution in [2.24, 2.45) is 5.73 Å². The van der Waals surface area contributed by atoms with Crippen LogP contribution in [0, 0.1) is 6.92 Å². The van der Waals surface area contributed by atoms with Crippen LogP contribution >= 0.6 is 22.9 Å². The molecule has 2 N–H and O–H groups in total. The molecule has 0 saturated heterocycles. The quantitative estimate of drug-likeness (QED) is 0.450. The first-order chi connectivity index (χ1) is 13.0. The summed E-state index contributed by atoms with van der Waals surface area (Å²) in [6.07, 6.45) is 1.91. The predicted octanol–water partition coefficient (Wildman–Crippen LogP) is 6.15. The number of hydrogen-bond donors (Lipinski definition) is 1. The Kier molecular flexibility index (Phi) is 4.81. The summed E-state index contributed by atoms with van der Waals surface area (Å²) in [5, 5.41) is 2.21. The molecule has 0 fully saturated rings. The molecule has 2 aromatic carbocycles. The number of thiophene rings is 1. The van der Waals surface area contributed by atoms with Crippen molar-refractivity contribution in [1.29, 1.82) is 0 Å². The molecule has 0 aliphatic carbocycles. The zero-order chi connectivity index (χ0) is 19.1. The van der Waals surface area contributed by atoms with Gasteiger partial charge in [-0.1, -0.05) is 42.8 Å². The van der Waals surface area contributed by atoms with E-state index in [9.17, 15) is 0 Å². The molecule has 138 valence electrons. The van der Waals surface area contributed by atoms with Gasteiger partial charge in [-0.2, -0.15) is 0 Å². The SMILES string of the molecule is COc1cc(C)c2ncc3sc(Cl)cc3c2c1-c1ccc([C@@H](C)CN)cc1. The lowest BCUT2D eigenvalue weighted by Crippen LogP contribution is -2.08. The van der Waals surface area contributed by atoms with E-state index in [0.717, 1.165) is 47.8 Å². The van der Waals surface area contributed by atoms with Crippen LogP contribution in [0.5, 0.6) is 5.75 Å². The second-order valence-corrected chi connectivity index (χ2v) is 8.55. The summed E-state index contributed by atoms with van der Waals surface area (Å²) in [6, 6.07) is 12.7. The molecule has 1 atom stereocenters. The molecule has 0 aliphatic heterocycles. The van der Waals surface area contributed by atoms with E-state index >= 15 is 0 Å². The van der Waals surface area contributed by atoms with Crippen LogP contribution in [0.1, 0.15) is 24.0 Å². The van der Waals surface area contributed by atoms with E-state index in [1.165, 1.54) is 5.56 Å². The van der Waals surface area contributed by atoms with E-state index in [0.29, 0.717) is 12.5 Å². The number of aryl methyl sites for hydroxylation is 1. The Labute approximate surface area is 167 Å². The molecular weight excluding hydrogens is 376 g/mol. The molecule has 0 radical (unpaired) electrons. The highest BCUT2D eigenvalue weighted by atomic mass is 35.5. The van der Waals surface area contributed by atoms with Gasteiger partial charge in [-0.3, -0.25) is 4.98 Å². The van der Waals surface area contributed by atoms with Crippen molar-refractivity contribution in [2.75, 3.05) is 13.7 Å². The van der Waals surface area contributed by atoms with Gasteiger partial charge in [0.15, 0.2) is 0 Å². The Morgan fingerprint density at radius 1 is 1.22 bits per heavy atom. The summed E-state index contributed by atoms with van der Waals surface area (Å²) in [4.78, 5) is 4.72. The van der Waals surface area contributed by atoms with Gasteiger partial charge in [0.25, 0.3) is 0 Å². The maximum Gasteiger partial charge on any atom is 0.127 e. The van der Waals surface area contributed by atoms with Crippen molar-refractivity contribution in [3.63, 3.8) is 0 Å². The number of benzene rings is 2. The molecule has 27 heavy (non-hydrogen) atoms. The molecule has 0 bridgehead atoms. The number of fused-ring (bicyclic) bond motifs is 3. The number of aromatic nitrogens is 1. The van der Waals surface area contributed by atoms with Gasteiger partial charge in [0.2, 0.25) is 0 Å². The smallest absolute Gasteiger partial charge is 0.127 e. The number of nitrogens with zero attached hydrogens (tertiary/aromatic N) is 1. The summed E-state index contributed by atoms with van der Waals surface area (Å²) >= 11 is 7.86. The van der Waals surface area contributed by atoms with Crippen LogP contribution < -0.4 is 10.5 Å². The van der Waals surface area contributed by atoms with E-state index in [4.69, 9.17) is 27.1 Å². The first kappa shape index (κ1) is 18.2. The van der Waals surface area contributed by atoms with Crippen molar-refractivity contribution in [3.8, 4) is 16.9 Å². The van der Waals surface area contributed by atoms with Gasteiger partial charge in [-0.15, -0.1) is 11.3 Å². The van der Waals surface area contributed by atoms with E-state index in [-0.39, 0.29) is 0 Å². The molecule has 4 rings (SSSR count). The Morgan fingerprint density at radius 2 is 1.96 bits per heavy atom. The molecule has 0 unspecified atom stereocenters. The number of hydrogen-bond acceptors (Lipinski definition) is 4. The Morgan fingerprint density at radius 3 is 2.63 bits per heavy atom. The van der Waals surface area contributed by atoms with Crippen molar-refractivity contribution < 1.29 is 4.74 Å². The molecule has 3 nitrogen and oxygen atoms in total. The third kappa shape index (κ3) is 3.08. The molecule has 2 heterocycles. The van der Waals surface area contributed by atoms with Gasteiger partial charge in [0, 0.05) is 22.5 Å². The van der Waals surface area contributed by atoms with Gasteiger partial charge in [0.1, 0.15) is 5.75 Å². The van der Waals surface area contributed by atoms with Crippen LogP contribution in [0.15, 0.2) is 42.6 Å². The second kappa shape index (κ2) is 7.12. The molecule has 4 aromatic rings. The average molecular weight is 397 g/mol. The fourth-order valence-corrected chi connectivity index (χ4v) is 4.68. The van der Waals surface area contributed by atoms with E-state index in [1.807, 2.05) is 12.3 Å².